The fourth-order valence-electron chi connectivity index (χ4n) is 2.71. The molecular weight excluding hydrogens is 312 g/mol. The van der Waals surface area contributed by atoms with Gasteiger partial charge in [0, 0.05) is 23.3 Å². The van der Waals surface area contributed by atoms with Crippen LogP contribution >= 0.6 is 11.6 Å². The number of H-pyrrole nitrogens is 1. The van der Waals surface area contributed by atoms with Gasteiger partial charge in [0.1, 0.15) is 5.69 Å². The summed E-state index contributed by atoms with van der Waals surface area (Å²) >= 11 is 5.97. The third-order valence-corrected chi connectivity index (χ3v) is 4.43. The van der Waals surface area contributed by atoms with E-state index >= 15 is 0 Å². The molecule has 3 aromatic rings. The van der Waals surface area contributed by atoms with Gasteiger partial charge < -0.3 is 5.32 Å². The van der Waals surface area contributed by atoms with Crippen LogP contribution in [0.4, 0.5) is 0 Å². The topological polar surface area (TPSA) is 79.4 Å². The Labute approximate surface area is 138 Å². The van der Waals surface area contributed by atoms with Crippen LogP contribution in [0.2, 0.25) is 5.02 Å². The molecule has 0 saturated heterocycles. The first kappa shape index (κ1) is 14.3. The Hall–Kier alpha value is -2.31. The van der Waals surface area contributed by atoms with Crippen LogP contribution in [0, 0.1) is 0 Å². The average molecular weight is 327 g/mol. The lowest BCUT2D eigenvalue weighted by Gasteiger charge is -2.18. The van der Waals surface area contributed by atoms with Gasteiger partial charge >= 0.3 is 0 Å². The number of benzene rings is 1. The molecule has 23 heavy (non-hydrogen) atoms. The number of aromatic nitrogens is 5. The maximum atomic E-state index is 5.97. The van der Waals surface area contributed by atoms with Crippen LogP contribution in [0.1, 0.15) is 24.0 Å². The van der Waals surface area contributed by atoms with E-state index in [2.05, 4.69) is 43.1 Å². The summed E-state index contributed by atoms with van der Waals surface area (Å²) in [7, 11) is 0. The Morgan fingerprint density at radius 1 is 1.17 bits per heavy atom. The summed E-state index contributed by atoms with van der Waals surface area (Å²) in [6, 6.07) is 12.1. The molecule has 0 radical (unpaired) electrons. The zero-order valence-corrected chi connectivity index (χ0v) is 13.1. The summed E-state index contributed by atoms with van der Waals surface area (Å²) < 4.78 is 0. The van der Waals surface area contributed by atoms with Gasteiger partial charge in [0.2, 0.25) is 5.82 Å². The predicted octanol–water partition coefficient (Wildman–Crippen LogP) is 2.69. The van der Waals surface area contributed by atoms with Crippen LogP contribution < -0.4 is 5.32 Å². The van der Waals surface area contributed by atoms with Gasteiger partial charge in [0.15, 0.2) is 0 Å². The van der Waals surface area contributed by atoms with Gasteiger partial charge in [-0.25, -0.2) is 0 Å². The Bertz CT molecular complexity index is 796. The zero-order valence-electron chi connectivity index (χ0n) is 12.3. The van der Waals surface area contributed by atoms with E-state index in [1.807, 2.05) is 24.3 Å². The number of aromatic amines is 1. The van der Waals surface area contributed by atoms with E-state index in [4.69, 9.17) is 11.6 Å². The van der Waals surface area contributed by atoms with Crippen molar-refractivity contribution in [2.24, 2.45) is 0 Å². The highest BCUT2D eigenvalue weighted by molar-refractivity contribution is 6.30. The SMILES string of the molecule is Clc1ccc(C2(NCc3ccnc(-c4nn[nH]n4)c3)CC2)cc1. The highest BCUT2D eigenvalue weighted by Crippen LogP contribution is 2.45. The second-order valence-corrected chi connectivity index (χ2v) is 6.16. The lowest BCUT2D eigenvalue weighted by Crippen LogP contribution is -2.28. The number of hydrogen-bond acceptors (Lipinski definition) is 5. The van der Waals surface area contributed by atoms with Crippen LogP contribution in [0.25, 0.3) is 11.5 Å². The number of hydrogen-bond donors (Lipinski definition) is 2. The van der Waals surface area contributed by atoms with Crippen molar-refractivity contribution in [3.8, 4) is 11.5 Å². The van der Waals surface area contributed by atoms with Gasteiger partial charge in [-0.05, 0) is 53.4 Å². The molecule has 0 spiro atoms. The van der Waals surface area contributed by atoms with E-state index in [-0.39, 0.29) is 5.54 Å². The van der Waals surface area contributed by atoms with Gasteiger partial charge in [0.05, 0.1) is 0 Å². The molecule has 7 heteroatoms. The molecule has 6 nitrogen and oxygen atoms in total. The third kappa shape index (κ3) is 2.95. The molecule has 1 saturated carbocycles. The zero-order chi connectivity index (χ0) is 15.7. The molecule has 0 amide bonds. The van der Waals surface area contributed by atoms with Gasteiger partial charge in [-0.3, -0.25) is 4.98 Å². The van der Waals surface area contributed by atoms with E-state index in [0.29, 0.717) is 5.82 Å². The fourth-order valence-corrected chi connectivity index (χ4v) is 2.84. The summed E-state index contributed by atoms with van der Waals surface area (Å²) in [4.78, 5) is 4.28. The minimum atomic E-state index is 0.0696. The molecular formula is C16H15ClN6. The number of tetrazole rings is 1. The Morgan fingerprint density at radius 3 is 2.70 bits per heavy atom. The Morgan fingerprint density at radius 2 is 2.00 bits per heavy atom. The Kier molecular flexibility index (Phi) is 3.55. The van der Waals surface area contributed by atoms with Crippen molar-refractivity contribution < 1.29 is 0 Å². The smallest absolute Gasteiger partial charge is 0.222 e. The molecule has 1 fully saturated rings. The lowest BCUT2D eigenvalue weighted by atomic mass is 10.0. The third-order valence-electron chi connectivity index (χ3n) is 4.18. The predicted molar refractivity (Wildman–Crippen MR) is 86.6 cm³/mol. The van der Waals surface area contributed by atoms with Crippen molar-refractivity contribution in [2.45, 2.75) is 24.9 Å². The number of pyridine rings is 1. The van der Waals surface area contributed by atoms with Gasteiger partial charge in [-0.2, -0.15) is 5.21 Å². The van der Waals surface area contributed by atoms with Crippen LogP contribution in [-0.4, -0.2) is 25.6 Å². The van der Waals surface area contributed by atoms with E-state index in [1.54, 1.807) is 6.20 Å². The van der Waals surface area contributed by atoms with Crippen molar-refractivity contribution in [3.05, 3.63) is 58.7 Å². The fraction of sp³-hybridized carbons (Fsp3) is 0.250. The first-order chi connectivity index (χ1) is 11.3. The van der Waals surface area contributed by atoms with Gasteiger partial charge in [-0.1, -0.05) is 23.7 Å². The summed E-state index contributed by atoms with van der Waals surface area (Å²) in [5.74, 6) is 0.505. The summed E-state index contributed by atoms with van der Waals surface area (Å²) in [6.07, 6.45) is 4.04. The average Bonchev–Trinajstić information content (AvgIpc) is 3.17. The minimum Gasteiger partial charge on any atom is -0.303 e. The van der Waals surface area contributed by atoms with Crippen LogP contribution in [-0.2, 0) is 12.1 Å². The maximum Gasteiger partial charge on any atom is 0.222 e. The monoisotopic (exact) mass is 326 g/mol. The van der Waals surface area contributed by atoms with Crippen LogP contribution in [0.15, 0.2) is 42.6 Å². The molecule has 1 aliphatic carbocycles. The quantitative estimate of drug-likeness (QED) is 0.753. The molecule has 0 atom stereocenters. The standard InChI is InChI=1S/C16H15ClN6/c17-13-3-1-12(2-4-13)16(6-7-16)19-10-11-5-8-18-14(9-11)15-20-22-23-21-15/h1-5,8-9,19H,6-7,10H2,(H,20,21,22,23). The van der Waals surface area contributed by atoms with E-state index in [1.165, 1.54) is 5.56 Å². The van der Waals surface area contributed by atoms with Gasteiger partial charge in [0.25, 0.3) is 0 Å². The molecule has 1 aromatic carbocycles. The molecule has 0 aliphatic heterocycles. The first-order valence-electron chi connectivity index (χ1n) is 7.45. The molecule has 0 unspecified atom stereocenters. The number of nitrogens with zero attached hydrogens (tertiary/aromatic N) is 4. The normalized spacial score (nSPS) is 15.5. The maximum absolute atomic E-state index is 5.97. The van der Waals surface area contributed by atoms with E-state index in [0.717, 1.165) is 35.7 Å². The first-order valence-corrected chi connectivity index (χ1v) is 7.83. The van der Waals surface area contributed by atoms with Crippen molar-refractivity contribution in [2.75, 3.05) is 0 Å². The van der Waals surface area contributed by atoms with Gasteiger partial charge in [-0.15, -0.1) is 10.2 Å². The number of nitrogens with one attached hydrogen (secondary N) is 2. The van der Waals surface area contributed by atoms with E-state index < -0.39 is 0 Å². The molecule has 2 aromatic heterocycles. The molecule has 2 heterocycles. The minimum absolute atomic E-state index is 0.0696. The lowest BCUT2D eigenvalue weighted by molar-refractivity contribution is 0.518. The van der Waals surface area contributed by atoms with Crippen LogP contribution in [0.5, 0.6) is 0 Å². The second kappa shape index (κ2) is 5.72. The molecule has 2 N–H and O–H groups in total. The van der Waals surface area contributed by atoms with Crippen molar-refractivity contribution in [1.82, 2.24) is 30.9 Å². The summed E-state index contributed by atoms with van der Waals surface area (Å²) in [5.41, 5.74) is 3.21. The highest BCUT2D eigenvalue weighted by Gasteiger charge is 2.43. The molecule has 4 rings (SSSR count). The van der Waals surface area contributed by atoms with Crippen molar-refractivity contribution >= 4 is 11.6 Å². The van der Waals surface area contributed by atoms with Crippen molar-refractivity contribution in [3.63, 3.8) is 0 Å². The summed E-state index contributed by atoms with van der Waals surface area (Å²) in [5, 5.41) is 18.4. The number of halogens is 1. The number of rotatable bonds is 5. The largest absolute Gasteiger partial charge is 0.303 e. The Balaban J connectivity index is 1.49. The molecule has 0 bridgehead atoms. The summed E-state index contributed by atoms with van der Waals surface area (Å²) in [6.45, 7) is 0.760. The second-order valence-electron chi connectivity index (χ2n) is 5.73. The molecule has 116 valence electrons. The molecule has 1 aliphatic rings. The van der Waals surface area contributed by atoms with E-state index in [9.17, 15) is 0 Å². The van der Waals surface area contributed by atoms with Crippen molar-refractivity contribution in [1.29, 1.82) is 0 Å². The highest BCUT2D eigenvalue weighted by atomic mass is 35.5. The van der Waals surface area contributed by atoms with Crippen LogP contribution in [0.3, 0.4) is 0 Å².